The molecule has 0 amide bonds. The van der Waals surface area contributed by atoms with E-state index in [0.717, 1.165) is 5.56 Å². The lowest BCUT2D eigenvalue weighted by molar-refractivity contribution is -0.384. The van der Waals surface area contributed by atoms with Gasteiger partial charge in [0, 0.05) is 11.1 Å². The van der Waals surface area contributed by atoms with E-state index in [1.807, 2.05) is 13.0 Å². The topological polar surface area (TPSA) is 52.4 Å². The van der Waals surface area contributed by atoms with Gasteiger partial charge < -0.3 is 4.74 Å². The second-order valence-electron chi connectivity index (χ2n) is 4.24. The van der Waals surface area contributed by atoms with Gasteiger partial charge in [-0.15, -0.1) is 0 Å². The Morgan fingerprint density at radius 1 is 1.15 bits per heavy atom. The Morgan fingerprint density at radius 2 is 1.85 bits per heavy atom. The molecule has 2 rings (SSSR count). The van der Waals surface area contributed by atoms with Crippen LogP contribution in [0.25, 0.3) is 0 Å². The number of aryl methyl sites for hydroxylation is 1. The first-order valence-corrected chi connectivity index (χ1v) is 6.55. The van der Waals surface area contributed by atoms with Crippen molar-refractivity contribution in [2.45, 2.75) is 13.5 Å². The third-order valence-electron chi connectivity index (χ3n) is 2.74. The van der Waals surface area contributed by atoms with Crippen LogP contribution in [0.3, 0.4) is 0 Å². The molecule has 2 aromatic rings. The molecule has 0 aliphatic heterocycles. The van der Waals surface area contributed by atoms with Crippen molar-refractivity contribution >= 4 is 28.9 Å². The quantitative estimate of drug-likeness (QED) is 0.602. The maximum atomic E-state index is 10.8. The first kappa shape index (κ1) is 14.6. The summed E-state index contributed by atoms with van der Waals surface area (Å²) in [5.74, 6) is 0.657. The highest BCUT2D eigenvalue weighted by molar-refractivity contribution is 6.32. The first-order valence-electron chi connectivity index (χ1n) is 5.79. The zero-order valence-electron chi connectivity index (χ0n) is 10.6. The van der Waals surface area contributed by atoms with Crippen LogP contribution in [-0.2, 0) is 6.61 Å². The third kappa shape index (κ3) is 3.40. The van der Waals surface area contributed by atoms with Crippen LogP contribution in [-0.4, -0.2) is 4.92 Å². The summed E-state index contributed by atoms with van der Waals surface area (Å²) in [5.41, 5.74) is 1.46. The number of nitro groups is 1. The summed E-state index contributed by atoms with van der Waals surface area (Å²) >= 11 is 11.7. The number of nitro benzene ring substituents is 1. The Labute approximate surface area is 126 Å². The van der Waals surface area contributed by atoms with E-state index in [4.69, 9.17) is 27.9 Å². The van der Waals surface area contributed by atoms with Gasteiger partial charge in [0.25, 0.3) is 5.69 Å². The van der Waals surface area contributed by atoms with Crippen molar-refractivity contribution in [2.75, 3.05) is 0 Å². The van der Waals surface area contributed by atoms with Crippen LogP contribution < -0.4 is 4.74 Å². The van der Waals surface area contributed by atoms with Crippen molar-refractivity contribution in [3.8, 4) is 5.75 Å². The number of halogens is 2. The van der Waals surface area contributed by atoms with E-state index in [1.165, 1.54) is 12.1 Å². The van der Waals surface area contributed by atoms with E-state index in [-0.39, 0.29) is 17.3 Å². The molecule has 0 saturated carbocycles. The van der Waals surface area contributed by atoms with Crippen LogP contribution in [0.1, 0.15) is 11.1 Å². The molecule has 0 unspecified atom stereocenters. The van der Waals surface area contributed by atoms with Gasteiger partial charge in [0.2, 0.25) is 0 Å². The van der Waals surface area contributed by atoms with Gasteiger partial charge in [-0.05, 0) is 42.3 Å². The summed E-state index contributed by atoms with van der Waals surface area (Å²) in [5, 5.41) is 11.6. The average Bonchev–Trinajstić information content (AvgIpc) is 2.41. The predicted octanol–water partition coefficient (Wildman–Crippen LogP) is 4.79. The Kier molecular flexibility index (Phi) is 4.47. The number of ether oxygens (including phenoxy) is 1. The Hall–Kier alpha value is -1.78. The molecule has 20 heavy (non-hydrogen) atoms. The maximum Gasteiger partial charge on any atom is 0.288 e. The molecule has 0 N–H and O–H groups in total. The minimum Gasteiger partial charge on any atom is -0.489 e. The lowest BCUT2D eigenvalue weighted by Gasteiger charge is -2.08. The zero-order valence-corrected chi connectivity index (χ0v) is 12.1. The van der Waals surface area contributed by atoms with Crippen molar-refractivity contribution in [3.05, 3.63) is 67.7 Å². The fourth-order valence-corrected chi connectivity index (χ4v) is 1.97. The van der Waals surface area contributed by atoms with Gasteiger partial charge in [-0.1, -0.05) is 29.3 Å². The van der Waals surface area contributed by atoms with Crippen molar-refractivity contribution in [1.29, 1.82) is 0 Å². The molecule has 0 heterocycles. The number of benzene rings is 2. The van der Waals surface area contributed by atoms with Gasteiger partial charge in [0.1, 0.15) is 17.4 Å². The summed E-state index contributed by atoms with van der Waals surface area (Å²) in [6.45, 7) is 2.10. The molecule has 0 saturated heterocycles. The van der Waals surface area contributed by atoms with Gasteiger partial charge in [-0.25, -0.2) is 0 Å². The van der Waals surface area contributed by atoms with Gasteiger partial charge in [-0.3, -0.25) is 10.1 Å². The van der Waals surface area contributed by atoms with Crippen LogP contribution in [0, 0.1) is 17.0 Å². The second kappa shape index (κ2) is 6.11. The Balaban J connectivity index is 2.12. The summed E-state index contributed by atoms with van der Waals surface area (Å²) in [7, 11) is 0. The smallest absolute Gasteiger partial charge is 0.288 e. The van der Waals surface area contributed by atoms with Crippen LogP contribution in [0.5, 0.6) is 5.75 Å². The predicted molar refractivity (Wildman–Crippen MR) is 78.6 cm³/mol. The second-order valence-corrected chi connectivity index (χ2v) is 5.06. The SMILES string of the molecule is Cc1cc(OCc2ccc(Cl)c([N+](=O)[O-])c2)ccc1Cl. The maximum absolute atomic E-state index is 10.8. The van der Waals surface area contributed by atoms with Crippen LogP contribution in [0.15, 0.2) is 36.4 Å². The van der Waals surface area contributed by atoms with Gasteiger partial charge in [0.05, 0.1) is 4.92 Å². The number of hydrogen-bond acceptors (Lipinski definition) is 3. The zero-order chi connectivity index (χ0) is 14.7. The molecule has 0 fully saturated rings. The van der Waals surface area contributed by atoms with Crippen molar-refractivity contribution in [1.82, 2.24) is 0 Å². The summed E-state index contributed by atoms with van der Waals surface area (Å²) in [6.07, 6.45) is 0. The van der Waals surface area contributed by atoms with E-state index in [9.17, 15) is 10.1 Å². The van der Waals surface area contributed by atoms with Crippen molar-refractivity contribution in [2.24, 2.45) is 0 Å². The van der Waals surface area contributed by atoms with Gasteiger partial charge >= 0.3 is 0 Å². The summed E-state index contributed by atoms with van der Waals surface area (Å²) < 4.78 is 5.58. The normalized spacial score (nSPS) is 10.3. The fraction of sp³-hybridized carbons (Fsp3) is 0.143. The largest absolute Gasteiger partial charge is 0.489 e. The lowest BCUT2D eigenvalue weighted by Crippen LogP contribution is -1.97. The van der Waals surface area contributed by atoms with Crippen LogP contribution in [0.2, 0.25) is 10.0 Å². The molecule has 0 aliphatic rings. The Bertz CT molecular complexity index is 659. The number of rotatable bonds is 4. The van der Waals surface area contributed by atoms with E-state index in [1.54, 1.807) is 18.2 Å². The molecule has 4 nitrogen and oxygen atoms in total. The highest BCUT2D eigenvalue weighted by Crippen LogP contribution is 2.26. The minimum absolute atomic E-state index is 0.112. The van der Waals surface area contributed by atoms with Crippen molar-refractivity contribution in [3.63, 3.8) is 0 Å². The molecular weight excluding hydrogens is 301 g/mol. The monoisotopic (exact) mass is 311 g/mol. The molecule has 0 radical (unpaired) electrons. The van der Waals surface area contributed by atoms with E-state index < -0.39 is 4.92 Å². The number of nitrogens with zero attached hydrogens (tertiary/aromatic N) is 1. The molecular formula is C14H11Cl2NO3. The highest BCUT2D eigenvalue weighted by atomic mass is 35.5. The standard InChI is InChI=1S/C14H11Cl2NO3/c1-9-6-11(3-5-12(9)15)20-8-10-2-4-13(16)14(7-10)17(18)19/h2-7H,8H2,1H3. The molecule has 0 aromatic heterocycles. The summed E-state index contributed by atoms with van der Waals surface area (Å²) in [4.78, 5) is 10.3. The van der Waals surface area contributed by atoms with Crippen LogP contribution >= 0.6 is 23.2 Å². The number of hydrogen-bond donors (Lipinski definition) is 0. The van der Waals surface area contributed by atoms with Gasteiger partial charge in [-0.2, -0.15) is 0 Å². The molecule has 0 bridgehead atoms. The lowest BCUT2D eigenvalue weighted by atomic mass is 10.2. The third-order valence-corrected chi connectivity index (χ3v) is 3.49. The first-order chi connectivity index (χ1) is 9.47. The molecule has 6 heteroatoms. The van der Waals surface area contributed by atoms with E-state index in [2.05, 4.69) is 0 Å². The molecule has 0 atom stereocenters. The van der Waals surface area contributed by atoms with E-state index >= 15 is 0 Å². The van der Waals surface area contributed by atoms with Crippen LogP contribution in [0.4, 0.5) is 5.69 Å². The molecule has 2 aromatic carbocycles. The minimum atomic E-state index is -0.516. The molecule has 0 aliphatic carbocycles. The molecule has 0 spiro atoms. The van der Waals surface area contributed by atoms with Crippen molar-refractivity contribution < 1.29 is 9.66 Å². The molecule has 104 valence electrons. The fourth-order valence-electron chi connectivity index (χ4n) is 1.66. The van der Waals surface area contributed by atoms with Gasteiger partial charge in [0.15, 0.2) is 0 Å². The average molecular weight is 312 g/mol. The summed E-state index contributed by atoms with van der Waals surface area (Å²) in [6, 6.07) is 9.90. The van der Waals surface area contributed by atoms with E-state index in [0.29, 0.717) is 16.3 Å². The highest BCUT2D eigenvalue weighted by Gasteiger charge is 2.12. The Morgan fingerprint density at radius 3 is 2.50 bits per heavy atom.